The average molecular weight is 1020 g/mol. The molecule has 0 aliphatic rings. The maximum Gasteiger partial charge on any atom is 0.361 e. The summed E-state index contributed by atoms with van der Waals surface area (Å²) in [6.07, 6.45) is 70.7. The van der Waals surface area contributed by atoms with Crippen molar-refractivity contribution in [3.63, 3.8) is 0 Å². The lowest BCUT2D eigenvalue weighted by Crippen LogP contribution is -2.40. The summed E-state index contributed by atoms with van der Waals surface area (Å²) in [5.41, 5.74) is 0. The van der Waals surface area contributed by atoms with Crippen LogP contribution in [0, 0.1) is 0 Å². The highest BCUT2D eigenvalue weighted by Crippen LogP contribution is 2.16. The summed E-state index contributed by atoms with van der Waals surface area (Å²) >= 11 is 0. The molecule has 9 heteroatoms. The molecule has 0 amide bonds. The first-order valence-corrected chi connectivity index (χ1v) is 29.4. The Bertz CT molecular complexity index is 1520. The number of likely N-dealkylation sites (N-methyl/N-ethyl adjacent to an activating group) is 1. The molecule has 9 nitrogen and oxygen atoms in total. The van der Waals surface area contributed by atoms with Gasteiger partial charge in [0.2, 0.25) is 0 Å². The largest absolute Gasteiger partial charge is 0.477 e. The summed E-state index contributed by atoms with van der Waals surface area (Å²) in [7, 11) is 5.96. The van der Waals surface area contributed by atoms with Crippen molar-refractivity contribution < 1.29 is 42.9 Å². The molecule has 0 aromatic carbocycles. The summed E-state index contributed by atoms with van der Waals surface area (Å²) in [5.74, 6) is -2.01. The van der Waals surface area contributed by atoms with E-state index in [1.54, 1.807) is 0 Å². The number of carboxylic acid groups (broad SMARTS) is 1. The van der Waals surface area contributed by atoms with E-state index in [1.165, 1.54) is 109 Å². The Hall–Kier alpha value is -3.79. The number of allylic oxidation sites excluding steroid dienone is 16. The summed E-state index contributed by atoms with van der Waals surface area (Å²) in [4.78, 5) is 37.3. The molecule has 0 aliphatic heterocycles. The first-order chi connectivity index (χ1) is 35.6. The monoisotopic (exact) mass is 1020 g/mol. The molecule has 2 atom stereocenters. The van der Waals surface area contributed by atoms with E-state index in [4.69, 9.17) is 18.9 Å². The number of carbonyl (C=O) groups is 3. The first kappa shape index (κ1) is 69.2. The van der Waals surface area contributed by atoms with Crippen LogP contribution in [0.5, 0.6) is 0 Å². The van der Waals surface area contributed by atoms with E-state index < -0.39 is 24.3 Å². The molecule has 418 valence electrons. The van der Waals surface area contributed by atoms with Gasteiger partial charge in [0, 0.05) is 12.8 Å². The molecule has 0 spiro atoms. The maximum absolute atomic E-state index is 12.8. The number of ether oxygens (including phenoxy) is 4. The van der Waals surface area contributed by atoms with Crippen molar-refractivity contribution in [2.45, 2.75) is 245 Å². The minimum absolute atomic E-state index is 0.184. The molecule has 0 saturated heterocycles. The molecule has 0 aromatic heterocycles. The third-order valence-corrected chi connectivity index (χ3v) is 12.4. The summed E-state index contributed by atoms with van der Waals surface area (Å²) < 4.78 is 22.8. The fourth-order valence-corrected chi connectivity index (χ4v) is 7.85. The van der Waals surface area contributed by atoms with E-state index in [1.807, 2.05) is 21.1 Å². The lowest BCUT2D eigenvalue weighted by atomic mass is 10.0. The second-order valence-corrected chi connectivity index (χ2v) is 20.6. The lowest BCUT2D eigenvalue weighted by Gasteiger charge is -2.25. The molecule has 73 heavy (non-hydrogen) atoms. The van der Waals surface area contributed by atoms with Gasteiger partial charge in [0.15, 0.2) is 6.10 Å². The molecule has 0 saturated carbocycles. The van der Waals surface area contributed by atoms with Crippen LogP contribution in [0.25, 0.3) is 0 Å². The second kappa shape index (κ2) is 54.5. The molecule has 0 heterocycles. The molecule has 1 N–H and O–H groups in total. The molecule has 0 aromatic rings. The molecular formula is C64H110NO8+. The highest BCUT2D eigenvalue weighted by atomic mass is 16.7. The predicted octanol–water partition coefficient (Wildman–Crippen LogP) is 17.3. The first-order valence-electron chi connectivity index (χ1n) is 29.4. The van der Waals surface area contributed by atoms with E-state index in [2.05, 4.69) is 111 Å². The van der Waals surface area contributed by atoms with Crippen LogP contribution >= 0.6 is 0 Å². The Kier molecular flexibility index (Phi) is 51.6. The Morgan fingerprint density at radius 1 is 0.425 bits per heavy atom. The van der Waals surface area contributed by atoms with Gasteiger partial charge in [0.25, 0.3) is 6.29 Å². The summed E-state index contributed by atoms with van der Waals surface area (Å²) in [5, 5.41) is 9.68. The number of nitrogens with zero attached hydrogens (tertiary/aromatic N) is 1. The highest BCUT2D eigenvalue weighted by Gasteiger charge is 2.25. The van der Waals surface area contributed by atoms with E-state index >= 15 is 0 Å². The zero-order chi connectivity index (χ0) is 53.4. The molecule has 0 aliphatic carbocycles. The van der Waals surface area contributed by atoms with Gasteiger partial charge < -0.3 is 28.5 Å². The van der Waals surface area contributed by atoms with Gasteiger partial charge in [-0.2, -0.15) is 0 Å². The number of esters is 2. The van der Waals surface area contributed by atoms with Crippen molar-refractivity contribution in [2.75, 3.05) is 47.5 Å². The van der Waals surface area contributed by atoms with Gasteiger partial charge in [0.1, 0.15) is 13.2 Å². The van der Waals surface area contributed by atoms with Gasteiger partial charge in [-0.15, -0.1) is 0 Å². The van der Waals surface area contributed by atoms with E-state index in [0.717, 1.165) is 89.9 Å². The van der Waals surface area contributed by atoms with Crippen LogP contribution in [0.3, 0.4) is 0 Å². The zero-order valence-corrected chi connectivity index (χ0v) is 47.5. The van der Waals surface area contributed by atoms with Crippen molar-refractivity contribution in [3.05, 3.63) is 97.2 Å². The topological polar surface area (TPSA) is 108 Å². The Balaban J connectivity index is 4.09. The molecule has 2 unspecified atom stereocenters. The van der Waals surface area contributed by atoms with Gasteiger partial charge in [-0.25, -0.2) is 4.79 Å². The minimum atomic E-state index is -1.51. The molecular weight excluding hydrogens is 911 g/mol. The highest BCUT2D eigenvalue weighted by molar-refractivity contribution is 5.71. The number of hydrogen-bond donors (Lipinski definition) is 1. The summed E-state index contributed by atoms with van der Waals surface area (Å²) in [6, 6.07) is 0. The number of carboxylic acids is 1. The van der Waals surface area contributed by atoms with Crippen LogP contribution in [0.15, 0.2) is 97.2 Å². The number of carbonyl (C=O) groups excluding carboxylic acids is 2. The number of rotatable bonds is 53. The number of aliphatic carboxylic acids is 1. The van der Waals surface area contributed by atoms with Gasteiger partial charge >= 0.3 is 17.9 Å². The van der Waals surface area contributed by atoms with Crippen LogP contribution in [0.4, 0.5) is 0 Å². The van der Waals surface area contributed by atoms with Crippen LogP contribution in [-0.2, 0) is 33.3 Å². The van der Waals surface area contributed by atoms with E-state index in [0.29, 0.717) is 23.9 Å². The average Bonchev–Trinajstić information content (AvgIpc) is 3.36. The molecule has 0 bridgehead atoms. The van der Waals surface area contributed by atoms with Crippen LogP contribution < -0.4 is 0 Å². The Morgan fingerprint density at radius 3 is 1.16 bits per heavy atom. The van der Waals surface area contributed by atoms with Crippen molar-refractivity contribution in [2.24, 2.45) is 0 Å². The van der Waals surface area contributed by atoms with Crippen LogP contribution in [0.2, 0.25) is 0 Å². The van der Waals surface area contributed by atoms with Gasteiger partial charge in [0.05, 0.1) is 34.4 Å². The zero-order valence-electron chi connectivity index (χ0n) is 47.5. The number of quaternary nitrogens is 1. The molecule has 0 fully saturated rings. The van der Waals surface area contributed by atoms with Crippen molar-refractivity contribution in [3.8, 4) is 0 Å². The third kappa shape index (κ3) is 55.8. The minimum Gasteiger partial charge on any atom is -0.477 e. The number of unbranched alkanes of at least 4 members (excludes halogenated alkanes) is 22. The standard InChI is InChI=1S/C64H109NO8/c1-6-8-10-12-14-16-18-19-20-21-22-23-24-25-26-27-28-29-30-31-32-33-34-35-36-37-38-39-40-41-42-43-45-47-49-51-53-55-62(67)73-60(59-72-64(63(68)69)70-57-56-65(3,4)5)58-71-61(66)54-52-50-48-46-44-17-15-13-11-9-7-2/h8,10,14,16,19-20,22-23,25-26,28-29,31-32,34-35,60,64H,6-7,9,11-13,15,17-18,21,24,27,30,33,36-59H2,1-5H3/p+1/b10-8-,16-14-,20-19-,23-22-,26-25-,29-28-,32-31-,35-34-. The van der Waals surface area contributed by atoms with Crippen molar-refractivity contribution in [1.82, 2.24) is 0 Å². The van der Waals surface area contributed by atoms with Crippen molar-refractivity contribution >= 4 is 17.9 Å². The van der Waals surface area contributed by atoms with E-state index in [9.17, 15) is 19.5 Å². The predicted molar refractivity (Wildman–Crippen MR) is 309 cm³/mol. The molecule has 0 rings (SSSR count). The van der Waals surface area contributed by atoms with Crippen molar-refractivity contribution in [1.29, 1.82) is 0 Å². The van der Waals surface area contributed by atoms with Gasteiger partial charge in [-0.1, -0.05) is 239 Å². The van der Waals surface area contributed by atoms with Crippen LogP contribution in [-0.4, -0.2) is 87.4 Å². The normalized spacial score (nSPS) is 13.5. The molecule has 0 radical (unpaired) electrons. The summed E-state index contributed by atoms with van der Waals surface area (Å²) in [6.45, 7) is 4.75. The quantitative estimate of drug-likeness (QED) is 0.0211. The van der Waals surface area contributed by atoms with Crippen LogP contribution in [0.1, 0.15) is 232 Å². The number of hydrogen-bond acceptors (Lipinski definition) is 7. The Labute approximate surface area is 448 Å². The SMILES string of the molecule is CC/C=C\C/C=C\C/C=C\C/C=C\C/C=C\C/C=C\C/C=C\C/C=C\CCCCCCCCCCCCCCC(=O)OC(COC(=O)CCCCCCCCCCCCC)COC(OCC[N+](C)(C)C)C(=O)O. The lowest BCUT2D eigenvalue weighted by molar-refractivity contribution is -0.870. The fraction of sp³-hybridized carbons (Fsp3) is 0.703. The van der Waals surface area contributed by atoms with Gasteiger partial charge in [-0.3, -0.25) is 9.59 Å². The third-order valence-electron chi connectivity index (χ3n) is 12.4. The van der Waals surface area contributed by atoms with Gasteiger partial charge in [-0.05, 0) is 77.0 Å². The smallest absolute Gasteiger partial charge is 0.361 e. The second-order valence-electron chi connectivity index (χ2n) is 20.6. The maximum atomic E-state index is 12.8. The Morgan fingerprint density at radius 2 is 0.781 bits per heavy atom. The van der Waals surface area contributed by atoms with E-state index in [-0.39, 0.29) is 32.2 Å². The fourth-order valence-electron chi connectivity index (χ4n) is 7.85.